The number of anilines is 3. The molecule has 4 aromatic rings. The third kappa shape index (κ3) is 7.47. The largest absolute Gasteiger partial charge is 0.332 e. The van der Waals surface area contributed by atoms with Crippen LogP contribution in [0.2, 0.25) is 0 Å². The molecule has 5 rings (SSSR count). The molecule has 3 amide bonds. The minimum Gasteiger partial charge on any atom is -0.324 e. The highest BCUT2D eigenvalue weighted by molar-refractivity contribution is 7.88. The molecule has 1 aromatic heterocycles. The smallest absolute Gasteiger partial charge is 0.324 e. The lowest BCUT2D eigenvalue weighted by Gasteiger charge is -2.16. The van der Waals surface area contributed by atoms with Crippen molar-refractivity contribution in [1.29, 1.82) is 0 Å². The first kappa shape index (κ1) is 28.7. The number of hydrogen-bond donors (Lipinski definition) is 4. The molecule has 0 saturated carbocycles. The summed E-state index contributed by atoms with van der Waals surface area (Å²) in [5, 5.41) is 6.13. The number of carbonyl (C=O) groups is 2. The summed E-state index contributed by atoms with van der Waals surface area (Å²) in [7, 11) is -4.02. The van der Waals surface area contributed by atoms with Gasteiger partial charge in [-0.05, 0) is 61.2 Å². The van der Waals surface area contributed by atoms with Crippen LogP contribution >= 0.6 is 0 Å². The van der Waals surface area contributed by atoms with Gasteiger partial charge in [0.1, 0.15) is 0 Å². The van der Waals surface area contributed by atoms with Crippen molar-refractivity contribution in [3.05, 3.63) is 102 Å². The maximum absolute atomic E-state index is 12.9. The second-order valence-corrected chi connectivity index (χ2v) is 11.4. The van der Waals surface area contributed by atoms with Crippen molar-refractivity contribution in [2.75, 3.05) is 23.7 Å². The Labute approximate surface area is 244 Å². The second kappa shape index (κ2) is 12.8. The molecule has 0 bridgehead atoms. The molecule has 0 aliphatic carbocycles. The summed E-state index contributed by atoms with van der Waals surface area (Å²) in [6, 6.07) is 23.1. The Morgan fingerprint density at radius 3 is 2.40 bits per heavy atom. The summed E-state index contributed by atoms with van der Waals surface area (Å²) in [4.78, 5) is 35.4. The number of benzene rings is 3. The van der Waals surface area contributed by atoms with Crippen LogP contribution in [0.4, 0.5) is 22.1 Å². The topological polar surface area (TPSA) is 145 Å². The number of hydrogen-bond acceptors (Lipinski definition) is 7. The summed E-state index contributed by atoms with van der Waals surface area (Å²) < 4.78 is 28.9. The number of likely N-dealkylation sites (tertiary alicyclic amines) is 1. The van der Waals surface area contributed by atoms with E-state index < -0.39 is 16.2 Å². The van der Waals surface area contributed by atoms with E-state index in [2.05, 4.69) is 25.3 Å². The highest BCUT2D eigenvalue weighted by Gasteiger charge is 2.22. The number of nitrogens with one attached hydrogen (secondary N) is 4. The van der Waals surface area contributed by atoms with Crippen LogP contribution in [0.5, 0.6) is 0 Å². The predicted octanol–water partition coefficient (Wildman–Crippen LogP) is 4.59. The Bertz CT molecular complexity index is 1670. The Morgan fingerprint density at radius 2 is 1.67 bits per heavy atom. The minimum absolute atomic E-state index is 0.0367. The van der Waals surface area contributed by atoms with Gasteiger partial charge in [-0.2, -0.15) is 13.1 Å². The van der Waals surface area contributed by atoms with Gasteiger partial charge in [-0.25, -0.2) is 19.5 Å². The number of aromatic nitrogens is 2. The first-order valence-corrected chi connectivity index (χ1v) is 15.0. The van der Waals surface area contributed by atoms with Gasteiger partial charge in [0.25, 0.3) is 5.91 Å². The molecule has 11 nitrogen and oxygen atoms in total. The number of aryl methyl sites for hydroxylation is 1. The van der Waals surface area contributed by atoms with Gasteiger partial charge in [-0.15, -0.1) is 0 Å². The van der Waals surface area contributed by atoms with Crippen molar-refractivity contribution in [2.24, 2.45) is 0 Å². The average Bonchev–Trinajstić information content (AvgIpc) is 3.54. The molecule has 0 radical (unpaired) electrons. The fourth-order valence-corrected chi connectivity index (χ4v) is 5.22. The predicted molar refractivity (Wildman–Crippen MR) is 161 cm³/mol. The number of nitrogens with zero attached hydrogens (tertiary/aromatic N) is 3. The van der Waals surface area contributed by atoms with Crippen LogP contribution in [0, 0.1) is 6.92 Å². The van der Waals surface area contributed by atoms with E-state index in [1.165, 1.54) is 4.90 Å². The zero-order valence-electron chi connectivity index (χ0n) is 23.0. The van der Waals surface area contributed by atoms with Gasteiger partial charge in [-0.1, -0.05) is 48.5 Å². The van der Waals surface area contributed by atoms with Crippen LogP contribution in [0.25, 0.3) is 11.3 Å². The molecule has 42 heavy (non-hydrogen) atoms. The van der Waals surface area contributed by atoms with E-state index in [1.54, 1.807) is 36.5 Å². The standard InChI is InChI=1S/C30H31N7O4S/c1-21-9-14-25(19-27(21)35-29-31-16-15-26(34-29)23-7-3-2-4-8-23)33-28(38)24-12-10-22(11-13-24)20-32-42(40,41)36-30(39)37-17-5-6-18-37/h2-4,7-16,19,32H,5-6,17-18,20H2,1H3,(H,33,38)(H,36,39)(H,31,34,35). The van der Waals surface area contributed by atoms with Gasteiger partial charge < -0.3 is 15.5 Å². The van der Waals surface area contributed by atoms with Crippen LogP contribution in [0.15, 0.2) is 85.1 Å². The van der Waals surface area contributed by atoms with Crippen molar-refractivity contribution in [1.82, 2.24) is 24.3 Å². The first-order chi connectivity index (χ1) is 20.3. The number of rotatable bonds is 9. The van der Waals surface area contributed by atoms with Crippen LogP contribution < -0.4 is 20.1 Å². The molecule has 1 aliphatic rings. The summed E-state index contributed by atoms with van der Waals surface area (Å²) in [5.41, 5.74) is 5.08. The molecule has 3 aromatic carbocycles. The van der Waals surface area contributed by atoms with Crippen molar-refractivity contribution in [2.45, 2.75) is 26.3 Å². The van der Waals surface area contributed by atoms with Crippen LogP contribution in [0.3, 0.4) is 0 Å². The molecule has 1 saturated heterocycles. The van der Waals surface area contributed by atoms with E-state index in [1.807, 2.05) is 60.2 Å². The SMILES string of the molecule is Cc1ccc(NC(=O)c2ccc(CNS(=O)(=O)NC(=O)N3CCCC3)cc2)cc1Nc1nccc(-c2ccccc2)n1. The van der Waals surface area contributed by atoms with Gasteiger partial charge in [0.2, 0.25) is 5.95 Å². The van der Waals surface area contributed by atoms with Gasteiger partial charge in [0, 0.05) is 48.3 Å². The monoisotopic (exact) mass is 585 g/mol. The Kier molecular flexibility index (Phi) is 8.74. The molecule has 0 spiro atoms. The van der Waals surface area contributed by atoms with Gasteiger partial charge in [0.15, 0.2) is 0 Å². The van der Waals surface area contributed by atoms with Crippen LogP contribution in [-0.4, -0.2) is 48.3 Å². The Hall–Kier alpha value is -4.81. The van der Waals surface area contributed by atoms with E-state index in [0.717, 1.165) is 35.3 Å². The normalized spacial score (nSPS) is 13.0. The lowest BCUT2D eigenvalue weighted by atomic mass is 10.1. The highest BCUT2D eigenvalue weighted by Crippen LogP contribution is 2.25. The lowest BCUT2D eigenvalue weighted by Crippen LogP contribution is -2.46. The van der Waals surface area contributed by atoms with Gasteiger partial charge in [0.05, 0.1) is 5.69 Å². The molecule has 2 heterocycles. The summed E-state index contributed by atoms with van der Waals surface area (Å²) in [5.74, 6) is 0.113. The van der Waals surface area contributed by atoms with E-state index in [-0.39, 0.29) is 12.5 Å². The second-order valence-electron chi connectivity index (χ2n) is 9.86. The lowest BCUT2D eigenvalue weighted by molar-refractivity contribution is 0.102. The van der Waals surface area contributed by atoms with Gasteiger partial charge in [-0.3, -0.25) is 4.79 Å². The number of urea groups is 1. The Morgan fingerprint density at radius 1 is 0.929 bits per heavy atom. The van der Waals surface area contributed by atoms with Crippen molar-refractivity contribution < 1.29 is 18.0 Å². The fourth-order valence-electron chi connectivity index (χ4n) is 4.43. The molecule has 216 valence electrons. The summed E-state index contributed by atoms with van der Waals surface area (Å²) in [6.45, 7) is 3.00. The number of carbonyl (C=O) groups excluding carboxylic acids is 2. The highest BCUT2D eigenvalue weighted by atomic mass is 32.2. The molecule has 12 heteroatoms. The van der Waals surface area contributed by atoms with E-state index in [0.29, 0.717) is 35.9 Å². The average molecular weight is 586 g/mol. The summed E-state index contributed by atoms with van der Waals surface area (Å²) in [6.07, 6.45) is 3.42. The molecule has 0 atom stereocenters. The summed E-state index contributed by atoms with van der Waals surface area (Å²) >= 11 is 0. The Balaban J connectivity index is 1.18. The first-order valence-electron chi connectivity index (χ1n) is 13.5. The van der Waals surface area contributed by atoms with Crippen molar-refractivity contribution >= 4 is 39.5 Å². The van der Waals surface area contributed by atoms with Crippen LogP contribution in [0.1, 0.15) is 34.3 Å². The number of amides is 3. The molecule has 4 N–H and O–H groups in total. The van der Waals surface area contributed by atoms with Crippen LogP contribution in [-0.2, 0) is 16.8 Å². The molecular formula is C30H31N7O4S. The zero-order chi connectivity index (χ0) is 29.5. The quantitative estimate of drug-likeness (QED) is 0.225. The van der Waals surface area contributed by atoms with Crippen molar-refractivity contribution in [3.63, 3.8) is 0 Å². The maximum atomic E-state index is 12.9. The van der Waals surface area contributed by atoms with E-state index >= 15 is 0 Å². The molecular weight excluding hydrogens is 554 g/mol. The molecule has 1 fully saturated rings. The van der Waals surface area contributed by atoms with Gasteiger partial charge >= 0.3 is 16.2 Å². The third-order valence-corrected chi connectivity index (χ3v) is 7.73. The molecule has 1 aliphatic heterocycles. The van der Waals surface area contributed by atoms with E-state index in [4.69, 9.17) is 0 Å². The zero-order valence-corrected chi connectivity index (χ0v) is 23.8. The third-order valence-electron chi connectivity index (χ3n) is 6.76. The van der Waals surface area contributed by atoms with Crippen molar-refractivity contribution in [3.8, 4) is 11.3 Å². The minimum atomic E-state index is -4.02. The maximum Gasteiger partial charge on any atom is 0.332 e. The van der Waals surface area contributed by atoms with E-state index in [9.17, 15) is 18.0 Å². The fraction of sp³-hybridized carbons (Fsp3) is 0.200. The molecule has 0 unspecified atom stereocenters.